The molecule has 0 bridgehead atoms. The topological polar surface area (TPSA) is 85.2 Å². The third-order valence-electron chi connectivity index (χ3n) is 5.03. The first-order valence-electron chi connectivity index (χ1n) is 9.67. The molecule has 2 fully saturated rings. The van der Waals surface area contributed by atoms with Crippen molar-refractivity contribution in [2.24, 2.45) is 0 Å². The van der Waals surface area contributed by atoms with Crippen molar-refractivity contribution in [3.8, 4) is 0 Å². The van der Waals surface area contributed by atoms with Gasteiger partial charge in [-0.3, -0.25) is 9.69 Å². The minimum atomic E-state index is -0.0415. The van der Waals surface area contributed by atoms with Gasteiger partial charge in [-0.2, -0.15) is 0 Å². The van der Waals surface area contributed by atoms with E-state index in [-0.39, 0.29) is 12.5 Å². The van der Waals surface area contributed by atoms with E-state index < -0.39 is 0 Å². The van der Waals surface area contributed by atoms with Crippen LogP contribution in [0.3, 0.4) is 0 Å². The van der Waals surface area contributed by atoms with E-state index in [1.165, 1.54) is 32.1 Å². The third kappa shape index (κ3) is 6.04. The predicted molar refractivity (Wildman–Crippen MR) is 92.8 cm³/mol. The van der Waals surface area contributed by atoms with E-state index in [0.29, 0.717) is 12.6 Å². The molecule has 0 saturated carbocycles. The highest BCUT2D eigenvalue weighted by atomic mass is 16.5. The zero-order valence-electron chi connectivity index (χ0n) is 15.0. The molecule has 1 aromatic heterocycles. The van der Waals surface area contributed by atoms with E-state index in [1.807, 2.05) is 0 Å². The maximum absolute atomic E-state index is 12.2. The fraction of sp³-hybridized carbons (Fsp3) is 0.882. The second-order valence-electron chi connectivity index (χ2n) is 7.07. The number of aromatic nitrogens is 4. The highest BCUT2D eigenvalue weighted by molar-refractivity contribution is 5.75. The lowest BCUT2D eigenvalue weighted by atomic mass is 10.1. The SMILES string of the molecule is O=C(Cn1nnnc1CN1CCCCCC1)NCC[C@H]1CCCCO1. The summed E-state index contributed by atoms with van der Waals surface area (Å²) in [6, 6.07) is 0. The number of hydrogen-bond donors (Lipinski definition) is 1. The molecule has 0 radical (unpaired) electrons. The lowest BCUT2D eigenvalue weighted by Gasteiger charge is -2.22. The first-order valence-corrected chi connectivity index (χ1v) is 9.67. The van der Waals surface area contributed by atoms with Crippen LogP contribution >= 0.6 is 0 Å². The van der Waals surface area contributed by atoms with Crippen LogP contribution in [-0.2, 0) is 22.6 Å². The Morgan fingerprint density at radius 2 is 2.00 bits per heavy atom. The summed E-state index contributed by atoms with van der Waals surface area (Å²) in [6.07, 6.45) is 9.70. The Morgan fingerprint density at radius 3 is 2.76 bits per heavy atom. The van der Waals surface area contributed by atoms with Gasteiger partial charge in [-0.25, -0.2) is 4.68 Å². The van der Waals surface area contributed by atoms with E-state index in [1.54, 1.807) is 4.68 Å². The summed E-state index contributed by atoms with van der Waals surface area (Å²) in [5.74, 6) is 0.730. The predicted octanol–water partition coefficient (Wildman–Crippen LogP) is 1.12. The third-order valence-corrected chi connectivity index (χ3v) is 5.03. The molecule has 3 rings (SSSR count). The minimum absolute atomic E-state index is 0.0415. The quantitative estimate of drug-likeness (QED) is 0.793. The molecule has 0 aliphatic carbocycles. The van der Waals surface area contributed by atoms with Gasteiger partial charge in [-0.15, -0.1) is 5.10 Å². The number of amides is 1. The van der Waals surface area contributed by atoms with E-state index in [2.05, 4.69) is 25.7 Å². The molecular weight excluding hydrogens is 320 g/mol. The lowest BCUT2D eigenvalue weighted by Crippen LogP contribution is -2.33. The molecule has 25 heavy (non-hydrogen) atoms. The van der Waals surface area contributed by atoms with Crippen molar-refractivity contribution in [3.05, 3.63) is 5.82 Å². The monoisotopic (exact) mass is 350 g/mol. The summed E-state index contributed by atoms with van der Waals surface area (Å²) in [6.45, 7) is 4.56. The van der Waals surface area contributed by atoms with Crippen LogP contribution in [0.1, 0.15) is 57.2 Å². The van der Waals surface area contributed by atoms with Crippen molar-refractivity contribution in [2.75, 3.05) is 26.2 Å². The highest BCUT2D eigenvalue weighted by Gasteiger charge is 2.17. The van der Waals surface area contributed by atoms with Gasteiger partial charge in [0.15, 0.2) is 5.82 Å². The summed E-state index contributed by atoms with van der Waals surface area (Å²) in [5.41, 5.74) is 0. The lowest BCUT2D eigenvalue weighted by molar-refractivity contribution is -0.122. The van der Waals surface area contributed by atoms with Crippen molar-refractivity contribution in [1.29, 1.82) is 0 Å². The van der Waals surface area contributed by atoms with E-state index in [9.17, 15) is 4.79 Å². The van der Waals surface area contributed by atoms with Gasteiger partial charge in [0.2, 0.25) is 5.91 Å². The molecule has 8 heteroatoms. The van der Waals surface area contributed by atoms with Crippen molar-refractivity contribution < 1.29 is 9.53 Å². The summed E-state index contributed by atoms with van der Waals surface area (Å²) >= 11 is 0. The van der Waals surface area contributed by atoms with Crippen molar-refractivity contribution in [2.45, 2.75) is 70.6 Å². The molecule has 2 saturated heterocycles. The van der Waals surface area contributed by atoms with Gasteiger partial charge in [0.25, 0.3) is 0 Å². The number of nitrogens with zero attached hydrogens (tertiary/aromatic N) is 5. The minimum Gasteiger partial charge on any atom is -0.378 e. The summed E-state index contributed by atoms with van der Waals surface area (Å²) in [7, 11) is 0. The van der Waals surface area contributed by atoms with Crippen LogP contribution in [0, 0.1) is 0 Å². The molecular formula is C17H30N6O2. The number of rotatable bonds is 7. The molecule has 1 N–H and O–H groups in total. The molecule has 1 atom stereocenters. The normalized spacial score (nSPS) is 22.5. The van der Waals surface area contributed by atoms with Crippen LogP contribution in [0.25, 0.3) is 0 Å². The summed E-state index contributed by atoms with van der Waals surface area (Å²) < 4.78 is 7.31. The Hall–Kier alpha value is -1.54. The second-order valence-corrected chi connectivity index (χ2v) is 7.07. The Labute approximate surface area is 149 Å². The second kappa shape index (κ2) is 9.82. The van der Waals surface area contributed by atoms with Crippen LogP contribution < -0.4 is 5.32 Å². The number of hydrogen-bond acceptors (Lipinski definition) is 6. The first kappa shape index (κ1) is 18.3. The van der Waals surface area contributed by atoms with Gasteiger partial charge in [-0.05, 0) is 62.0 Å². The zero-order chi connectivity index (χ0) is 17.3. The number of likely N-dealkylation sites (tertiary alicyclic amines) is 1. The largest absolute Gasteiger partial charge is 0.378 e. The van der Waals surface area contributed by atoms with E-state index >= 15 is 0 Å². The highest BCUT2D eigenvalue weighted by Crippen LogP contribution is 2.15. The first-order chi connectivity index (χ1) is 12.3. The number of tetrazole rings is 1. The van der Waals surface area contributed by atoms with Crippen molar-refractivity contribution >= 4 is 5.91 Å². The molecule has 1 aromatic rings. The Bertz CT molecular complexity index is 521. The maximum Gasteiger partial charge on any atom is 0.241 e. The Morgan fingerprint density at radius 1 is 1.16 bits per heavy atom. The summed E-state index contributed by atoms with van der Waals surface area (Å²) in [5, 5.41) is 14.8. The van der Waals surface area contributed by atoms with Gasteiger partial charge in [0.1, 0.15) is 6.54 Å². The van der Waals surface area contributed by atoms with Gasteiger partial charge >= 0.3 is 0 Å². The molecule has 140 valence electrons. The van der Waals surface area contributed by atoms with Gasteiger partial charge in [-0.1, -0.05) is 12.8 Å². The average Bonchev–Trinajstić information content (AvgIpc) is 2.89. The Kier molecular flexibility index (Phi) is 7.17. The summed E-state index contributed by atoms with van der Waals surface area (Å²) in [4.78, 5) is 14.6. The smallest absolute Gasteiger partial charge is 0.241 e. The average molecular weight is 350 g/mol. The van der Waals surface area contributed by atoms with Crippen LogP contribution in [-0.4, -0.2) is 63.4 Å². The van der Waals surface area contributed by atoms with Crippen LogP contribution in [0.15, 0.2) is 0 Å². The fourth-order valence-electron chi connectivity index (χ4n) is 3.55. The van der Waals surface area contributed by atoms with Crippen LogP contribution in [0.4, 0.5) is 0 Å². The molecule has 2 aliphatic heterocycles. The molecule has 0 spiro atoms. The van der Waals surface area contributed by atoms with Crippen LogP contribution in [0.5, 0.6) is 0 Å². The van der Waals surface area contributed by atoms with Gasteiger partial charge < -0.3 is 10.1 Å². The molecule has 3 heterocycles. The standard InChI is InChI=1S/C17H30N6O2/c24-17(18-9-8-15-7-3-6-12-25-15)14-23-16(19-20-21-23)13-22-10-4-1-2-5-11-22/h15H,1-14H2,(H,18,24)/t15-/m1/s1. The Balaban J connectivity index is 1.41. The fourth-order valence-corrected chi connectivity index (χ4v) is 3.55. The maximum atomic E-state index is 12.2. The van der Waals surface area contributed by atoms with Crippen molar-refractivity contribution in [3.63, 3.8) is 0 Å². The molecule has 0 aromatic carbocycles. The van der Waals surface area contributed by atoms with Gasteiger partial charge in [0, 0.05) is 13.2 Å². The zero-order valence-corrected chi connectivity index (χ0v) is 15.0. The number of carbonyl (C=O) groups is 1. The number of ether oxygens (including phenoxy) is 1. The van der Waals surface area contributed by atoms with Crippen LogP contribution in [0.2, 0.25) is 0 Å². The number of nitrogens with one attached hydrogen (secondary N) is 1. The molecule has 1 amide bonds. The molecule has 2 aliphatic rings. The molecule has 0 unspecified atom stereocenters. The van der Waals surface area contributed by atoms with Crippen molar-refractivity contribution in [1.82, 2.24) is 30.4 Å². The molecule has 8 nitrogen and oxygen atoms in total. The van der Waals surface area contributed by atoms with E-state index in [0.717, 1.165) is 51.3 Å². The van der Waals surface area contributed by atoms with Gasteiger partial charge in [0.05, 0.1) is 12.6 Å². The van der Waals surface area contributed by atoms with E-state index in [4.69, 9.17) is 4.74 Å². The number of carbonyl (C=O) groups excluding carboxylic acids is 1.